The van der Waals surface area contributed by atoms with Crippen LogP contribution in [0.2, 0.25) is 0 Å². The molecule has 0 bridgehead atoms. The van der Waals surface area contributed by atoms with E-state index >= 15 is 0 Å². The summed E-state index contributed by atoms with van der Waals surface area (Å²) in [6, 6.07) is 1.52. The van der Waals surface area contributed by atoms with Gasteiger partial charge in [0.1, 0.15) is 0 Å². The predicted molar refractivity (Wildman–Crippen MR) is 131 cm³/mol. The number of hydrogen-bond donors (Lipinski definition) is 1. The molecule has 0 radical (unpaired) electrons. The quantitative estimate of drug-likeness (QED) is 0.634. The molecule has 5 fully saturated rings. The zero-order valence-electron chi connectivity index (χ0n) is 22.2. The Bertz CT molecular complexity index is 655. The Morgan fingerprint density at radius 1 is 0.500 bits per heavy atom. The van der Waals surface area contributed by atoms with E-state index in [4.69, 9.17) is 23.7 Å². The van der Waals surface area contributed by atoms with E-state index in [1.54, 1.807) is 0 Å². The number of hydrogen-bond acceptors (Lipinski definition) is 5. The summed E-state index contributed by atoms with van der Waals surface area (Å²) in [6.45, 7) is 1.34. The Labute approximate surface area is 207 Å². The standard InChI is InChI=1S/C28H49NO5/c1-30-20-8-6-17(7-9-20)28-22-16-27(34-5)25(32-3)14-19(22)12-23-21-15-26(33-4)24(31-2)13-18(21)10-11-29(23)28/h17-28H,6-16H2,1-5H3/p+1/t17?,18?,19?,20?,21?,22?,23?,24?,25?,26?,27?,28-/m1/s1. The average Bonchev–Trinajstić information content (AvgIpc) is 2.90. The fraction of sp³-hybridized carbons (Fsp3) is 1.00. The minimum Gasteiger partial charge on any atom is -0.381 e. The molecule has 196 valence electrons. The lowest BCUT2D eigenvalue weighted by Gasteiger charge is -2.59. The van der Waals surface area contributed by atoms with Crippen molar-refractivity contribution in [1.29, 1.82) is 0 Å². The molecule has 1 N–H and O–H groups in total. The molecule has 5 aliphatic rings. The highest BCUT2D eigenvalue weighted by Crippen LogP contribution is 2.48. The van der Waals surface area contributed by atoms with Crippen LogP contribution in [0.5, 0.6) is 0 Å². The highest BCUT2D eigenvalue weighted by Gasteiger charge is 2.58. The normalized spacial score (nSPS) is 51.3. The lowest BCUT2D eigenvalue weighted by atomic mass is 9.58. The van der Waals surface area contributed by atoms with E-state index in [1.807, 2.05) is 40.4 Å². The monoisotopic (exact) mass is 480 g/mol. The molecular weight excluding hydrogens is 430 g/mol. The fourth-order valence-electron chi connectivity index (χ4n) is 9.49. The zero-order valence-corrected chi connectivity index (χ0v) is 22.2. The molecule has 2 heterocycles. The van der Waals surface area contributed by atoms with E-state index in [0.29, 0.717) is 6.10 Å². The molecule has 6 heteroatoms. The summed E-state index contributed by atoms with van der Waals surface area (Å²) in [7, 11) is 9.42. The Morgan fingerprint density at radius 3 is 1.65 bits per heavy atom. The third-order valence-electron chi connectivity index (χ3n) is 11.1. The van der Waals surface area contributed by atoms with Crippen LogP contribution in [0.25, 0.3) is 0 Å². The number of ether oxygens (including phenoxy) is 5. The molecule has 2 aliphatic heterocycles. The number of methoxy groups -OCH3 is 5. The second-order valence-electron chi connectivity index (χ2n) is 12.1. The molecule has 34 heavy (non-hydrogen) atoms. The molecule has 2 saturated heterocycles. The van der Waals surface area contributed by atoms with Crippen molar-refractivity contribution in [3.05, 3.63) is 0 Å². The van der Waals surface area contributed by atoms with Crippen LogP contribution in [0.3, 0.4) is 0 Å². The van der Waals surface area contributed by atoms with Crippen LogP contribution in [0.4, 0.5) is 0 Å². The maximum atomic E-state index is 6.00. The first kappa shape index (κ1) is 25.4. The lowest BCUT2D eigenvalue weighted by molar-refractivity contribution is -0.976. The lowest BCUT2D eigenvalue weighted by Crippen LogP contribution is -3.24. The Hall–Kier alpha value is -0.240. The molecule has 5 rings (SSSR count). The zero-order chi connectivity index (χ0) is 23.8. The molecule has 0 aromatic heterocycles. The van der Waals surface area contributed by atoms with E-state index in [0.717, 1.165) is 41.7 Å². The first-order chi connectivity index (χ1) is 16.6. The molecule has 0 amide bonds. The molecular formula is C28H50NO5+. The Morgan fingerprint density at radius 2 is 1.06 bits per heavy atom. The minimum absolute atomic E-state index is 0.243. The summed E-state index contributed by atoms with van der Waals surface area (Å²) in [5.74, 6) is 3.89. The second-order valence-corrected chi connectivity index (χ2v) is 12.1. The van der Waals surface area contributed by atoms with E-state index < -0.39 is 0 Å². The van der Waals surface area contributed by atoms with Gasteiger partial charge >= 0.3 is 0 Å². The van der Waals surface area contributed by atoms with Gasteiger partial charge in [-0.3, -0.25) is 0 Å². The van der Waals surface area contributed by atoms with Gasteiger partial charge in [-0.15, -0.1) is 0 Å². The second kappa shape index (κ2) is 11.0. The van der Waals surface area contributed by atoms with Gasteiger partial charge in [0, 0.05) is 59.7 Å². The first-order valence-electron chi connectivity index (χ1n) is 14.1. The highest BCUT2D eigenvalue weighted by atomic mass is 16.5. The Balaban J connectivity index is 1.42. The highest BCUT2D eigenvalue weighted by molar-refractivity contribution is 5.01. The predicted octanol–water partition coefficient (Wildman–Crippen LogP) is 2.73. The number of piperidine rings is 2. The molecule has 3 aliphatic carbocycles. The summed E-state index contributed by atoms with van der Waals surface area (Å²) in [5, 5.41) is 0. The van der Waals surface area contributed by atoms with Gasteiger partial charge in [-0.25, -0.2) is 0 Å². The van der Waals surface area contributed by atoms with Gasteiger partial charge < -0.3 is 28.6 Å². The van der Waals surface area contributed by atoms with E-state index in [1.165, 1.54) is 70.8 Å². The van der Waals surface area contributed by atoms with Crippen molar-refractivity contribution in [3.8, 4) is 0 Å². The molecule has 6 nitrogen and oxygen atoms in total. The van der Waals surface area contributed by atoms with Gasteiger partial charge in [0.05, 0.1) is 49.1 Å². The van der Waals surface area contributed by atoms with E-state index in [2.05, 4.69) is 0 Å². The van der Waals surface area contributed by atoms with Gasteiger partial charge in [-0.2, -0.15) is 0 Å². The van der Waals surface area contributed by atoms with Crippen molar-refractivity contribution < 1.29 is 28.6 Å². The molecule has 0 aromatic rings. The van der Waals surface area contributed by atoms with Crippen LogP contribution in [0.15, 0.2) is 0 Å². The maximum Gasteiger partial charge on any atom is 0.0937 e. The van der Waals surface area contributed by atoms with E-state index in [-0.39, 0.29) is 24.4 Å². The van der Waals surface area contributed by atoms with Crippen molar-refractivity contribution >= 4 is 0 Å². The van der Waals surface area contributed by atoms with Gasteiger partial charge in [-0.1, -0.05) is 0 Å². The summed E-state index contributed by atoms with van der Waals surface area (Å²) in [6.07, 6.45) is 14.0. The van der Waals surface area contributed by atoms with Gasteiger partial charge in [0.25, 0.3) is 0 Å². The van der Waals surface area contributed by atoms with Crippen LogP contribution >= 0.6 is 0 Å². The van der Waals surface area contributed by atoms with Gasteiger partial charge in [0.2, 0.25) is 0 Å². The van der Waals surface area contributed by atoms with Crippen molar-refractivity contribution in [1.82, 2.24) is 0 Å². The topological polar surface area (TPSA) is 50.6 Å². The van der Waals surface area contributed by atoms with Crippen molar-refractivity contribution in [2.24, 2.45) is 29.6 Å². The molecule has 0 spiro atoms. The summed E-state index contributed by atoms with van der Waals surface area (Å²) in [5.41, 5.74) is 0. The van der Waals surface area contributed by atoms with Crippen LogP contribution in [-0.4, -0.2) is 84.7 Å². The summed E-state index contributed by atoms with van der Waals surface area (Å²) in [4.78, 5) is 1.94. The van der Waals surface area contributed by atoms with Crippen LogP contribution in [-0.2, 0) is 23.7 Å². The average molecular weight is 481 g/mol. The van der Waals surface area contributed by atoms with Crippen LogP contribution in [0.1, 0.15) is 64.2 Å². The largest absolute Gasteiger partial charge is 0.381 e. The first-order valence-corrected chi connectivity index (χ1v) is 14.1. The summed E-state index contributed by atoms with van der Waals surface area (Å²) >= 11 is 0. The number of quaternary nitrogens is 1. The number of nitrogens with one attached hydrogen (secondary N) is 1. The summed E-state index contributed by atoms with van der Waals surface area (Å²) < 4.78 is 29.6. The maximum absolute atomic E-state index is 6.00. The minimum atomic E-state index is 0.243. The molecule has 10 unspecified atom stereocenters. The number of rotatable bonds is 6. The van der Waals surface area contributed by atoms with Gasteiger partial charge in [-0.05, 0) is 69.6 Å². The molecule has 3 saturated carbocycles. The smallest absolute Gasteiger partial charge is 0.0937 e. The van der Waals surface area contributed by atoms with Gasteiger partial charge in [0.15, 0.2) is 0 Å². The van der Waals surface area contributed by atoms with Crippen LogP contribution < -0.4 is 4.90 Å². The van der Waals surface area contributed by atoms with Crippen molar-refractivity contribution in [2.45, 2.75) is 107 Å². The third kappa shape index (κ3) is 4.61. The molecule has 0 aromatic carbocycles. The third-order valence-corrected chi connectivity index (χ3v) is 11.1. The van der Waals surface area contributed by atoms with Crippen molar-refractivity contribution in [3.63, 3.8) is 0 Å². The fourth-order valence-corrected chi connectivity index (χ4v) is 9.49. The van der Waals surface area contributed by atoms with Crippen LogP contribution in [0, 0.1) is 29.6 Å². The Kier molecular flexibility index (Phi) is 8.24. The number of fused-ring (bicyclic) bond motifs is 4. The van der Waals surface area contributed by atoms with E-state index in [9.17, 15) is 0 Å². The van der Waals surface area contributed by atoms with Crippen molar-refractivity contribution in [2.75, 3.05) is 42.1 Å². The molecule has 11 atom stereocenters. The SMILES string of the molecule is COC1CCC([C@@H]2C3CC(OC)C(OC)CC3CC3C4CC(OC)C(OC)CC4CC[NH+]32)CC1.